The lowest BCUT2D eigenvalue weighted by Gasteiger charge is -2.26. The van der Waals surface area contributed by atoms with Crippen LogP contribution in [0.25, 0.3) is 0 Å². The van der Waals surface area contributed by atoms with Crippen molar-refractivity contribution in [3.05, 3.63) is 60.2 Å². The predicted molar refractivity (Wildman–Crippen MR) is 114 cm³/mol. The molecule has 1 unspecified atom stereocenters. The number of benzene rings is 1. The van der Waals surface area contributed by atoms with Gasteiger partial charge >= 0.3 is 5.97 Å². The fraction of sp³-hybridized carbons (Fsp3) is 0.520. The van der Waals surface area contributed by atoms with Gasteiger partial charge in [0.1, 0.15) is 0 Å². The van der Waals surface area contributed by atoms with Gasteiger partial charge in [-0.15, -0.1) is 0 Å². The molecule has 2 aliphatic rings. The second-order valence-corrected chi connectivity index (χ2v) is 8.74. The fourth-order valence-corrected chi connectivity index (χ4v) is 4.53. The number of ketones is 1. The van der Waals surface area contributed by atoms with Crippen LogP contribution in [0.1, 0.15) is 57.9 Å². The molecule has 2 saturated heterocycles. The number of carboxylic acid groups (broad SMARTS) is 1. The number of carboxylic acids is 1. The van der Waals surface area contributed by atoms with E-state index in [1.54, 1.807) is 6.08 Å². The van der Waals surface area contributed by atoms with Crippen LogP contribution in [0, 0.1) is 11.8 Å². The lowest BCUT2D eigenvalue weighted by Crippen LogP contribution is -2.29. The van der Waals surface area contributed by atoms with Crippen LogP contribution in [0.15, 0.2) is 54.6 Å². The Balaban J connectivity index is 1.60. The van der Waals surface area contributed by atoms with Crippen LogP contribution in [-0.2, 0) is 19.7 Å². The predicted octanol–water partition coefficient (Wildman–Crippen LogP) is 5.08. The molecule has 4 heteroatoms. The normalized spacial score (nSPS) is 26.6. The van der Waals surface area contributed by atoms with E-state index in [0.29, 0.717) is 12.3 Å². The maximum atomic E-state index is 12.9. The Kier molecular flexibility index (Phi) is 7.07. The first kappa shape index (κ1) is 21.5. The zero-order valence-electron chi connectivity index (χ0n) is 17.4. The monoisotopic (exact) mass is 396 g/mol. The van der Waals surface area contributed by atoms with Gasteiger partial charge in [0.05, 0.1) is 17.6 Å². The number of ether oxygens (including phenoxy) is 1. The number of rotatable bonds is 10. The number of unbranched alkanes of at least 4 members (excludes halogenated alkanes) is 1. The summed E-state index contributed by atoms with van der Waals surface area (Å²) in [6.45, 7) is 3.95. The third kappa shape index (κ3) is 5.24. The first-order valence-electron chi connectivity index (χ1n) is 10.7. The van der Waals surface area contributed by atoms with Crippen molar-refractivity contribution < 1.29 is 19.4 Å². The molecule has 0 spiro atoms. The Bertz CT molecular complexity index is 762. The SMILES string of the molecule is CC(C)(C(=O)C=C[C@H]1C(CC=CCCCC(=O)O)[C@H]2CC[C@@H]1O2)c1ccccc1. The number of carbonyl (C=O) groups is 2. The van der Waals surface area contributed by atoms with Gasteiger partial charge in [-0.2, -0.15) is 0 Å². The summed E-state index contributed by atoms with van der Waals surface area (Å²) in [5.41, 5.74) is 0.482. The maximum Gasteiger partial charge on any atom is 0.303 e. The highest BCUT2D eigenvalue weighted by molar-refractivity contribution is 5.98. The van der Waals surface area contributed by atoms with Gasteiger partial charge in [-0.1, -0.05) is 48.6 Å². The largest absolute Gasteiger partial charge is 0.481 e. The van der Waals surface area contributed by atoms with Crippen LogP contribution in [-0.4, -0.2) is 29.1 Å². The topological polar surface area (TPSA) is 63.6 Å². The van der Waals surface area contributed by atoms with Crippen LogP contribution in [0.5, 0.6) is 0 Å². The third-order valence-corrected chi connectivity index (χ3v) is 6.40. The van der Waals surface area contributed by atoms with Crippen molar-refractivity contribution in [3.63, 3.8) is 0 Å². The number of fused-ring (bicyclic) bond motifs is 2. The molecule has 0 radical (unpaired) electrons. The minimum Gasteiger partial charge on any atom is -0.481 e. The van der Waals surface area contributed by atoms with Gasteiger partial charge < -0.3 is 9.84 Å². The highest BCUT2D eigenvalue weighted by atomic mass is 16.5. The van der Waals surface area contributed by atoms with E-state index < -0.39 is 11.4 Å². The van der Waals surface area contributed by atoms with Crippen molar-refractivity contribution in [1.82, 2.24) is 0 Å². The average Bonchev–Trinajstić information content (AvgIpc) is 3.31. The molecule has 0 amide bonds. The van der Waals surface area contributed by atoms with Crippen molar-refractivity contribution in [3.8, 4) is 0 Å². The Morgan fingerprint density at radius 1 is 1.14 bits per heavy atom. The first-order valence-corrected chi connectivity index (χ1v) is 10.7. The third-order valence-electron chi connectivity index (χ3n) is 6.40. The molecule has 1 aromatic carbocycles. The number of hydrogen-bond acceptors (Lipinski definition) is 3. The summed E-state index contributed by atoms with van der Waals surface area (Å²) in [5.74, 6) is 0.0453. The molecule has 156 valence electrons. The van der Waals surface area contributed by atoms with Crippen LogP contribution < -0.4 is 0 Å². The minimum atomic E-state index is -0.742. The Labute approximate surface area is 173 Å². The molecule has 0 aromatic heterocycles. The quantitative estimate of drug-likeness (QED) is 0.340. The summed E-state index contributed by atoms with van der Waals surface area (Å²) in [5, 5.41) is 8.71. The summed E-state index contributed by atoms with van der Waals surface area (Å²) in [4.78, 5) is 23.5. The standard InChI is InChI=1S/C25H32O4/c1-25(2,18-10-6-5-7-11-18)23(26)17-14-20-19(21-15-16-22(20)29-21)12-8-3-4-9-13-24(27)28/h3,5-8,10-11,14,17,19-22H,4,9,12-13,15-16H2,1-2H3,(H,27,28)/t19?,20-,21+,22-/m0/s1. The molecule has 0 saturated carbocycles. The van der Waals surface area contributed by atoms with E-state index in [-0.39, 0.29) is 30.3 Å². The van der Waals surface area contributed by atoms with Gasteiger partial charge in [0.25, 0.3) is 0 Å². The Morgan fingerprint density at radius 3 is 2.59 bits per heavy atom. The van der Waals surface area contributed by atoms with Gasteiger partial charge in [-0.05, 0) is 63.5 Å². The number of allylic oxidation sites excluding steroid dienone is 3. The Morgan fingerprint density at radius 2 is 1.86 bits per heavy atom. The second-order valence-electron chi connectivity index (χ2n) is 8.74. The van der Waals surface area contributed by atoms with Crippen molar-refractivity contribution >= 4 is 11.8 Å². The fourth-order valence-electron chi connectivity index (χ4n) is 4.53. The van der Waals surface area contributed by atoms with Crippen LogP contribution in [0.4, 0.5) is 0 Å². The smallest absolute Gasteiger partial charge is 0.303 e. The average molecular weight is 397 g/mol. The van der Waals surface area contributed by atoms with Gasteiger partial charge in [-0.25, -0.2) is 0 Å². The summed E-state index contributed by atoms with van der Waals surface area (Å²) in [6, 6.07) is 9.91. The molecule has 2 bridgehead atoms. The minimum absolute atomic E-state index is 0.120. The van der Waals surface area contributed by atoms with Crippen molar-refractivity contribution in [2.24, 2.45) is 11.8 Å². The summed E-state index contributed by atoms with van der Waals surface area (Å²) in [7, 11) is 0. The van der Waals surface area contributed by atoms with E-state index >= 15 is 0 Å². The van der Waals surface area contributed by atoms with E-state index in [4.69, 9.17) is 9.84 Å². The van der Waals surface area contributed by atoms with Crippen molar-refractivity contribution in [2.45, 2.75) is 70.0 Å². The van der Waals surface area contributed by atoms with Crippen LogP contribution >= 0.6 is 0 Å². The van der Waals surface area contributed by atoms with E-state index in [1.165, 1.54) is 0 Å². The lowest BCUT2D eigenvalue weighted by atomic mass is 9.76. The van der Waals surface area contributed by atoms with Crippen LogP contribution in [0.2, 0.25) is 0 Å². The van der Waals surface area contributed by atoms with E-state index in [0.717, 1.165) is 31.2 Å². The maximum absolute atomic E-state index is 12.9. The molecule has 1 N–H and O–H groups in total. The molecule has 2 heterocycles. The lowest BCUT2D eigenvalue weighted by molar-refractivity contribution is -0.137. The van der Waals surface area contributed by atoms with E-state index in [9.17, 15) is 9.59 Å². The molecule has 2 aliphatic heterocycles. The highest BCUT2D eigenvalue weighted by Crippen LogP contribution is 2.46. The van der Waals surface area contributed by atoms with Crippen LogP contribution in [0.3, 0.4) is 0 Å². The van der Waals surface area contributed by atoms with Crippen molar-refractivity contribution in [2.75, 3.05) is 0 Å². The molecule has 0 aliphatic carbocycles. The molecule has 1 aromatic rings. The van der Waals surface area contributed by atoms with Gasteiger partial charge in [0.15, 0.2) is 5.78 Å². The number of hydrogen-bond donors (Lipinski definition) is 1. The van der Waals surface area contributed by atoms with E-state index in [1.807, 2.05) is 44.2 Å². The van der Waals surface area contributed by atoms with Gasteiger partial charge in [-0.3, -0.25) is 9.59 Å². The molecule has 2 fully saturated rings. The Hall–Kier alpha value is -2.20. The first-order chi connectivity index (χ1) is 13.9. The molecule has 4 atom stereocenters. The van der Waals surface area contributed by atoms with Gasteiger partial charge in [0, 0.05) is 12.3 Å². The summed E-state index contributed by atoms with van der Waals surface area (Å²) < 4.78 is 6.14. The highest BCUT2D eigenvalue weighted by Gasteiger charge is 2.47. The zero-order valence-corrected chi connectivity index (χ0v) is 17.4. The second kappa shape index (κ2) is 9.53. The molecule has 3 rings (SSSR count). The molecular weight excluding hydrogens is 364 g/mol. The van der Waals surface area contributed by atoms with Gasteiger partial charge in [0.2, 0.25) is 0 Å². The van der Waals surface area contributed by atoms with E-state index in [2.05, 4.69) is 18.2 Å². The molecule has 4 nitrogen and oxygen atoms in total. The molecular formula is C25H32O4. The van der Waals surface area contributed by atoms with Crippen molar-refractivity contribution in [1.29, 1.82) is 0 Å². The zero-order chi connectivity index (χ0) is 20.9. The molecule has 29 heavy (non-hydrogen) atoms. The number of carbonyl (C=O) groups excluding carboxylic acids is 1. The summed E-state index contributed by atoms with van der Waals surface area (Å²) in [6.07, 6.45) is 13.3. The summed E-state index contributed by atoms with van der Waals surface area (Å²) >= 11 is 0. The number of aliphatic carboxylic acids is 1.